The molecule has 6 nitrogen and oxygen atoms in total. The summed E-state index contributed by atoms with van der Waals surface area (Å²) < 4.78 is 6.85. The van der Waals surface area contributed by atoms with Gasteiger partial charge in [-0.15, -0.1) is 10.2 Å². The van der Waals surface area contributed by atoms with Crippen LogP contribution in [0.4, 0.5) is 5.95 Å². The summed E-state index contributed by atoms with van der Waals surface area (Å²) in [6, 6.07) is 10.8. The van der Waals surface area contributed by atoms with Crippen LogP contribution in [0, 0.1) is 6.92 Å². The van der Waals surface area contributed by atoms with Crippen LogP contribution in [0.2, 0.25) is 0 Å². The molecule has 1 aromatic carbocycles. The van der Waals surface area contributed by atoms with Crippen molar-refractivity contribution in [3.05, 3.63) is 53.7 Å². The van der Waals surface area contributed by atoms with Crippen LogP contribution in [0.5, 0.6) is 5.75 Å². The number of methoxy groups -OCH3 is 1. The number of ether oxygens (including phenoxy) is 1. The van der Waals surface area contributed by atoms with Gasteiger partial charge in [0.05, 0.1) is 7.11 Å². The molecule has 0 aliphatic rings. The molecule has 6 heteroatoms. The van der Waals surface area contributed by atoms with Gasteiger partial charge in [-0.2, -0.15) is 0 Å². The molecule has 0 atom stereocenters. The Hall–Kier alpha value is -2.89. The van der Waals surface area contributed by atoms with Crippen molar-refractivity contribution in [3.8, 4) is 5.75 Å². The minimum atomic E-state index is -0.228. The lowest BCUT2D eigenvalue weighted by atomic mass is 10.1. The summed E-state index contributed by atoms with van der Waals surface area (Å²) in [5.41, 5.74) is 2.09. The van der Waals surface area contributed by atoms with Gasteiger partial charge in [-0.3, -0.25) is 14.5 Å². The fourth-order valence-electron chi connectivity index (χ4n) is 2.11. The standard InChI is InChI=1S/C15H14N4O2/c1-10-9-11(21-2)6-7-12(10)14(20)16-15-18-17-13-5-3-4-8-19(13)15/h3-9H,1-2H3,(H,16,18,20). The normalized spacial score (nSPS) is 10.6. The lowest BCUT2D eigenvalue weighted by Crippen LogP contribution is -2.15. The van der Waals surface area contributed by atoms with Crippen molar-refractivity contribution < 1.29 is 9.53 Å². The smallest absolute Gasteiger partial charge is 0.258 e. The van der Waals surface area contributed by atoms with Crippen LogP contribution in [-0.4, -0.2) is 27.6 Å². The van der Waals surface area contributed by atoms with E-state index in [2.05, 4.69) is 15.5 Å². The number of hydrogen-bond acceptors (Lipinski definition) is 4. The molecular formula is C15H14N4O2. The highest BCUT2D eigenvalue weighted by Crippen LogP contribution is 2.18. The van der Waals surface area contributed by atoms with E-state index in [-0.39, 0.29) is 5.91 Å². The molecule has 0 saturated carbocycles. The first-order valence-corrected chi connectivity index (χ1v) is 6.45. The molecule has 0 bridgehead atoms. The van der Waals surface area contributed by atoms with Crippen molar-refractivity contribution in [1.29, 1.82) is 0 Å². The van der Waals surface area contributed by atoms with Crippen LogP contribution >= 0.6 is 0 Å². The largest absolute Gasteiger partial charge is 0.497 e. The highest BCUT2D eigenvalue weighted by molar-refractivity contribution is 6.04. The maximum atomic E-state index is 12.3. The fourth-order valence-corrected chi connectivity index (χ4v) is 2.11. The molecular weight excluding hydrogens is 268 g/mol. The van der Waals surface area contributed by atoms with E-state index >= 15 is 0 Å². The van der Waals surface area contributed by atoms with Crippen LogP contribution in [0.25, 0.3) is 5.65 Å². The number of rotatable bonds is 3. The molecule has 2 aromatic heterocycles. The van der Waals surface area contributed by atoms with E-state index in [0.29, 0.717) is 17.2 Å². The summed E-state index contributed by atoms with van der Waals surface area (Å²) in [4.78, 5) is 12.3. The average Bonchev–Trinajstić information content (AvgIpc) is 2.90. The Bertz CT molecular complexity index is 810. The van der Waals surface area contributed by atoms with Gasteiger partial charge in [0.1, 0.15) is 5.75 Å². The highest BCUT2D eigenvalue weighted by Gasteiger charge is 2.13. The first-order chi connectivity index (χ1) is 10.2. The number of anilines is 1. The van der Waals surface area contributed by atoms with Crippen molar-refractivity contribution in [2.24, 2.45) is 0 Å². The third-order valence-electron chi connectivity index (χ3n) is 3.22. The van der Waals surface area contributed by atoms with Gasteiger partial charge in [0.2, 0.25) is 5.95 Å². The van der Waals surface area contributed by atoms with Crippen molar-refractivity contribution in [1.82, 2.24) is 14.6 Å². The van der Waals surface area contributed by atoms with Crippen molar-refractivity contribution in [2.45, 2.75) is 6.92 Å². The number of amides is 1. The third-order valence-corrected chi connectivity index (χ3v) is 3.22. The quantitative estimate of drug-likeness (QED) is 0.800. The second-order valence-corrected chi connectivity index (χ2v) is 4.59. The lowest BCUT2D eigenvalue weighted by molar-refractivity contribution is 0.102. The molecule has 2 heterocycles. The Morgan fingerprint density at radius 1 is 1.24 bits per heavy atom. The van der Waals surface area contributed by atoms with E-state index in [1.54, 1.807) is 29.8 Å². The van der Waals surface area contributed by atoms with Crippen molar-refractivity contribution in [3.63, 3.8) is 0 Å². The number of carbonyl (C=O) groups excluding carboxylic acids is 1. The molecule has 1 amide bonds. The van der Waals surface area contributed by atoms with Crippen molar-refractivity contribution >= 4 is 17.5 Å². The molecule has 1 N–H and O–H groups in total. The van der Waals surface area contributed by atoms with Crippen molar-refractivity contribution in [2.75, 3.05) is 12.4 Å². The minimum absolute atomic E-state index is 0.228. The number of aromatic nitrogens is 3. The first-order valence-electron chi connectivity index (χ1n) is 6.45. The summed E-state index contributed by atoms with van der Waals surface area (Å²) in [6.07, 6.45) is 1.80. The molecule has 21 heavy (non-hydrogen) atoms. The molecule has 106 valence electrons. The van der Waals surface area contributed by atoms with E-state index in [1.807, 2.05) is 31.2 Å². The number of aryl methyl sites for hydroxylation is 1. The van der Waals surface area contributed by atoms with Crippen LogP contribution in [0.3, 0.4) is 0 Å². The minimum Gasteiger partial charge on any atom is -0.497 e. The number of hydrogen-bond donors (Lipinski definition) is 1. The van der Waals surface area contributed by atoms with Gasteiger partial charge in [0.15, 0.2) is 5.65 Å². The Kier molecular flexibility index (Phi) is 3.27. The van der Waals surface area contributed by atoms with Gasteiger partial charge in [0.25, 0.3) is 5.91 Å². The number of nitrogens with one attached hydrogen (secondary N) is 1. The zero-order valence-corrected chi connectivity index (χ0v) is 11.7. The number of fused-ring (bicyclic) bond motifs is 1. The van der Waals surface area contributed by atoms with E-state index in [9.17, 15) is 4.79 Å². The Morgan fingerprint density at radius 3 is 2.86 bits per heavy atom. The van der Waals surface area contributed by atoms with Crippen LogP contribution in [-0.2, 0) is 0 Å². The molecule has 3 aromatic rings. The number of pyridine rings is 1. The van der Waals surface area contributed by atoms with Crippen LogP contribution < -0.4 is 10.1 Å². The molecule has 3 rings (SSSR count). The second kappa shape index (κ2) is 5.24. The maximum Gasteiger partial charge on any atom is 0.258 e. The van der Waals surface area contributed by atoms with E-state index < -0.39 is 0 Å². The highest BCUT2D eigenvalue weighted by atomic mass is 16.5. The summed E-state index contributed by atoms with van der Waals surface area (Å²) in [5.74, 6) is 0.885. The summed E-state index contributed by atoms with van der Waals surface area (Å²) in [7, 11) is 1.59. The van der Waals surface area contributed by atoms with Gasteiger partial charge >= 0.3 is 0 Å². The molecule has 0 radical (unpaired) electrons. The molecule has 0 unspecified atom stereocenters. The van der Waals surface area contributed by atoms with Gasteiger partial charge < -0.3 is 4.74 Å². The Morgan fingerprint density at radius 2 is 2.10 bits per heavy atom. The topological polar surface area (TPSA) is 68.5 Å². The van der Waals surface area contributed by atoms with E-state index in [0.717, 1.165) is 11.3 Å². The van der Waals surface area contributed by atoms with E-state index in [4.69, 9.17) is 4.74 Å². The fraction of sp³-hybridized carbons (Fsp3) is 0.133. The average molecular weight is 282 g/mol. The number of benzene rings is 1. The second-order valence-electron chi connectivity index (χ2n) is 4.59. The molecule has 0 fully saturated rings. The van der Waals surface area contributed by atoms with Gasteiger partial charge in [-0.25, -0.2) is 0 Å². The zero-order valence-electron chi connectivity index (χ0n) is 11.7. The molecule has 0 spiro atoms. The molecule has 0 saturated heterocycles. The Balaban J connectivity index is 1.89. The van der Waals surface area contributed by atoms with Crippen LogP contribution in [0.15, 0.2) is 42.6 Å². The van der Waals surface area contributed by atoms with Gasteiger partial charge in [-0.05, 0) is 42.8 Å². The molecule has 0 aliphatic heterocycles. The SMILES string of the molecule is COc1ccc(C(=O)Nc2nnc3ccccn23)c(C)c1. The zero-order chi connectivity index (χ0) is 14.8. The van der Waals surface area contributed by atoms with Gasteiger partial charge in [0, 0.05) is 11.8 Å². The maximum absolute atomic E-state index is 12.3. The monoisotopic (exact) mass is 282 g/mol. The lowest BCUT2D eigenvalue weighted by Gasteiger charge is -2.08. The predicted molar refractivity (Wildman–Crippen MR) is 78.7 cm³/mol. The summed E-state index contributed by atoms with van der Waals surface area (Å²) in [5, 5.41) is 10.7. The number of carbonyl (C=O) groups is 1. The first kappa shape index (κ1) is 13.1. The Labute approximate surface area is 121 Å². The van der Waals surface area contributed by atoms with Crippen LogP contribution in [0.1, 0.15) is 15.9 Å². The van der Waals surface area contributed by atoms with E-state index in [1.165, 1.54) is 0 Å². The predicted octanol–water partition coefficient (Wildman–Crippen LogP) is 2.30. The third kappa shape index (κ3) is 2.43. The summed E-state index contributed by atoms with van der Waals surface area (Å²) >= 11 is 0. The van der Waals surface area contributed by atoms with Gasteiger partial charge in [-0.1, -0.05) is 6.07 Å². The molecule has 0 aliphatic carbocycles. The summed E-state index contributed by atoms with van der Waals surface area (Å²) in [6.45, 7) is 1.86. The number of nitrogens with zero attached hydrogens (tertiary/aromatic N) is 3.